The van der Waals surface area contributed by atoms with E-state index in [0.29, 0.717) is 0 Å². The van der Waals surface area contributed by atoms with E-state index in [1.165, 1.54) is 24.3 Å². The van der Waals surface area contributed by atoms with Crippen molar-refractivity contribution < 1.29 is 31.9 Å². The summed E-state index contributed by atoms with van der Waals surface area (Å²) in [6, 6.07) is 10.0. The molecule has 136 valence electrons. The number of sulfonamides is 1. The Morgan fingerprint density at radius 1 is 1.15 bits per heavy atom. The van der Waals surface area contributed by atoms with Crippen molar-refractivity contribution >= 4 is 27.6 Å². The summed E-state index contributed by atoms with van der Waals surface area (Å²) >= 11 is 0. The fourth-order valence-electron chi connectivity index (χ4n) is 2.34. The largest absolute Gasteiger partial charge is 0.463 e. The molecule has 1 aliphatic rings. The number of rotatable bonds is 5. The number of cyclic esters (lactones) is 1. The van der Waals surface area contributed by atoms with Crippen LogP contribution >= 0.6 is 0 Å². The highest BCUT2D eigenvalue weighted by atomic mass is 32.2. The number of carbonyl (C=O) groups is 2. The van der Waals surface area contributed by atoms with Gasteiger partial charge in [0, 0.05) is 6.42 Å². The van der Waals surface area contributed by atoms with E-state index in [-0.39, 0.29) is 29.2 Å². The summed E-state index contributed by atoms with van der Waals surface area (Å²) in [5.74, 6) is -2.06. The summed E-state index contributed by atoms with van der Waals surface area (Å²) in [4.78, 5) is 23.6. The summed E-state index contributed by atoms with van der Waals surface area (Å²) < 4.78 is 49.9. The van der Waals surface area contributed by atoms with Crippen LogP contribution in [-0.4, -0.2) is 33.1 Å². The molecule has 1 N–H and O–H groups in total. The van der Waals surface area contributed by atoms with Gasteiger partial charge < -0.3 is 9.47 Å². The third-order valence-electron chi connectivity index (χ3n) is 3.65. The molecule has 0 aliphatic carbocycles. The smallest absolute Gasteiger partial charge is 0.347 e. The maximum atomic E-state index is 13.0. The molecule has 1 saturated heterocycles. The van der Waals surface area contributed by atoms with Crippen LogP contribution in [-0.2, 0) is 24.3 Å². The Kier molecular flexibility index (Phi) is 4.90. The van der Waals surface area contributed by atoms with Gasteiger partial charge in [0.2, 0.25) is 6.10 Å². The highest BCUT2D eigenvalue weighted by Gasteiger charge is 2.31. The van der Waals surface area contributed by atoms with Crippen LogP contribution in [0.25, 0.3) is 0 Å². The van der Waals surface area contributed by atoms with Crippen molar-refractivity contribution in [3.63, 3.8) is 0 Å². The average Bonchev–Trinajstić information content (AvgIpc) is 3.00. The lowest BCUT2D eigenvalue weighted by Gasteiger charge is -2.13. The number of benzene rings is 2. The van der Waals surface area contributed by atoms with Gasteiger partial charge >= 0.3 is 11.9 Å². The lowest BCUT2D eigenvalue weighted by atomic mass is 10.2. The van der Waals surface area contributed by atoms with Crippen LogP contribution in [0.2, 0.25) is 0 Å². The van der Waals surface area contributed by atoms with Gasteiger partial charge in [-0.1, -0.05) is 12.1 Å². The van der Waals surface area contributed by atoms with Gasteiger partial charge in [-0.2, -0.15) is 0 Å². The fraction of sp³-hybridized carbons (Fsp3) is 0.176. The molecule has 0 radical (unpaired) electrons. The van der Waals surface area contributed by atoms with E-state index >= 15 is 0 Å². The molecule has 2 aromatic carbocycles. The molecule has 2 aromatic rings. The third kappa shape index (κ3) is 3.83. The van der Waals surface area contributed by atoms with Crippen molar-refractivity contribution in [2.24, 2.45) is 0 Å². The topological polar surface area (TPSA) is 98.8 Å². The lowest BCUT2D eigenvalue weighted by Crippen LogP contribution is -2.24. The molecule has 0 amide bonds. The molecule has 0 spiro atoms. The van der Waals surface area contributed by atoms with Crippen molar-refractivity contribution in [3.05, 3.63) is 59.9 Å². The summed E-state index contributed by atoms with van der Waals surface area (Å²) in [6.07, 6.45) is -0.766. The van der Waals surface area contributed by atoms with Gasteiger partial charge in [0.15, 0.2) is 0 Å². The van der Waals surface area contributed by atoms with Crippen molar-refractivity contribution in [1.29, 1.82) is 0 Å². The molecule has 9 heteroatoms. The third-order valence-corrected chi connectivity index (χ3v) is 5.03. The highest BCUT2D eigenvalue weighted by Crippen LogP contribution is 2.22. The Bertz CT molecular complexity index is 942. The first-order valence-corrected chi connectivity index (χ1v) is 9.10. The minimum Gasteiger partial charge on any atom is -0.463 e. The predicted molar refractivity (Wildman–Crippen MR) is 88.4 cm³/mol. The van der Waals surface area contributed by atoms with E-state index in [4.69, 9.17) is 9.47 Å². The Hall–Kier alpha value is -2.94. The molecule has 1 atom stereocenters. The molecule has 0 saturated carbocycles. The van der Waals surface area contributed by atoms with Crippen LogP contribution < -0.4 is 4.72 Å². The second-order valence-corrected chi connectivity index (χ2v) is 7.14. The van der Waals surface area contributed by atoms with Crippen molar-refractivity contribution in [2.75, 3.05) is 11.3 Å². The number of ether oxygens (including phenoxy) is 2. The number of carbonyl (C=O) groups excluding carboxylic acids is 2. The first-order chi connectivity index (χ1) is 12.4. The normalized spacial score (nSPS) is 16.8. The molecular weight excluding hydrogens is 365 g/mol. The fourth-order valence-corrected chi connectivity index (χ4v) is 3.42. The zero-order chi connectivity index (χ0) is 18.7. The summed E-state index contributed by atoms with van der Waals surface area (Å²) in [5.41, 5.74) is -0.0777. The van der Waals surface area contributed by atoms with E-state index in [0.717, 1.165) is 24.3 Å². The molecule has 0 aromatic heterocycles. The van der Waals surface area contributed by atoms with Gasteiger partial charge in [-0.15, -0.1) is 0 Å². The van der Waals surface area contributed by atoms with Gasteiger partial charge in [-0.3, -0.25) is 4.72 Å². The van der Waals surface area contributed by atoms with Crippen LogP contribution in [0, 0.1) is 5.82 Å². The van der Waals surface area contributed by atoms with Crippen LogP contribution in [0.15, 0.2) is 53.4 Å². The second kappa shape index (κ2) is 7.12. The quantitative estimate of drug-likeness (QED) is 0.799. The Balaban J connectivity index is 1.83. The van der Waals surface area contributed by atoms with Gasteiger partial charge in [0.25, 0.3) is 10.0 Å². The second-order valence-electron chi connectivity index (χ2n) is 5.46. The van der Waals surface area contributed by atoms with Crippen molar-refractivity contribution in [3.8, 4) is 0 Å². The first-order valence-electron chi connectivity index (χ1n) is 7.62. The van der Waals surface area contributed by atoms with E-state index in [2.05, 4.69) is 4.72 Å². The van der Waals surface area contributed by atoms with Gasteiger partial charge in [-0.05, 0) is 36.4 Å². The number of hydrogen-bond donors (Lipinski definition) is 1. The Morgan fingerprint density at radius 3 is 2.50 bits per heavy atom. The first kappa shape index (κ1) is 17.9. The van der Waals surface area contributed by atoms with E-state index < -0.39 is 33.9 Å². The molecule has 26 heavy (non-hydrogen) atoms. The Morgan fingerprint density at radius 2 is 1.85 bits per heavy atom. The van der Waals surface area contributed by atoms with Crippen molar-refractivity contribution in [2.45, 2.75) is 17.4 Å². The molecule has 0 unspecified atom stereocenters. The zero-order valence-electron chi connectivity index (χ0n) is 13.3. The monoisotopic (exact) mass is 379 g/mol. The summed E-state index contributed by atoms with van der Waals surface area (Å²) in [6.45, 7) is 0.162. The number of halogens is 1. The number of hydrogen-bond acceptors (Lipinski definition) is 6. The molecular formula is C17H14FNO6S. The maximum Gasteiger partial charge on any atom is 0.347 e. The van der Waals surface area contributed by atoms with E-state index in [1.807, 2.05) is 0 Å². The van der Waals surface area contributed by atoms with Crippen LogP contribution in [0.3, 0.4) is 0 Å². The molecule has 0 bridgehead atoms. The minimum absolute atomic E-state index is 0.0202. The predicted octanol–water partition coefficient (Wildman–Crippen LogP) is 2.10. The van der Waals surface area contributed by atoms with E-state index in [9.17, 15) is 22.4 Å². The van der Waals surface area contributed by atoms with Gasteiger partial charge in [0.05, 0.1) is 22.8 Å². The lowest BCUT2D eigenvalue weighted by molar-refractivity contribution is -0.145. The van der Waals surface area contributed by atoms with Crippen LogP contribution in [0.4, 0.5) is 10.1 Å². The molecule has 1 heterocycles. The number of esters is 2. The maximum absolute atomic E-state index is 13.0. The SMILES string of the molecule is O=C(O[C@H]1CCOC1=O)c1ccccc1NS(=O)(=O)c1ccc(F)cc1. The highest BCUT2D eigenvalue weighted by molar-refractivity contribution is 7.92. The Labute approximate surface area is 148 Å². The molecule has 1 aliphatic heterocycles. The molecule has 3 rings (SSSR count). The average molecular weight is 379 g/mol. The number of nitrogens with one attached hydrogen (secondary N) is 1. The zero-order valence-corrected chi connectivity index (χ0v) is 14.2. The number of para-hydroxylation sites is 1. The molecule has 1 fully saturated rings. The summed E-state index contributed by atoms with van der Waals surface area (Å²) in [5, 5.41) is 0. The van der Waals surface area contributed by atoms with Crippen LogP contribution in [0.5, 0.6) is 0 Å². The van der Waals surface area contributed by atoms with Gasteiger partial charge in [0.1, 0.15) is 5.82 Å². The standard InChI is InChI=1S/C17H14FNO6S/c18-11-5-7-12(8-6-11)26(22,23)19-14-4-2-1-3-13(14)16(20)25-15-9-10-24-17(15)21/h1-8,15,19H,9-10H2/t15-/m0/s1. The number of anilines is 1. The van der Waals surface area contributed by atoms with Crippen molar-refractivity contribution in [1.82, 2.24) is 0 Å². The van der Waals surface area contributed by atoms with E-state index in [1.54, 1.807) is 0 Å². The van der Waals surface area contributed by atoms with Crippen LogP contribution in [0.1, 0.15) is 16.8 Å². The minimum atomic E-state index is -4.04. The molecule has 7 nitrogen and oxygen atoms in total. The van der Waals surface area contributed by atoms with Gasteiger partial charge in [-0.25, -0.2) is 22.4 Å². The summed E-state index contributed by atoms with van der Waals surface area (Å²) in [7, 11) is -4.04.